The van der Waals surface area contributed by atoms with Crippen LogP contribution in [0.5, 0.6) is 0 Å². The van der Waals surface area contributed by atoms with Crippen LogP contribution in [0.2, 0.25) is 0 Å². The largest absolute Gasteiger partial charge is 0.361 e. The minimum atomic E-state index is -0.188. The highest BCUT2D eigenvalue weighted by Gasteiger charge is 2.17. The normalized spacial score (nSPS) is 9.95. The van der Waals surface area contributed by atoms with Crippen molar-refractivity contribution in [1.29, 1.82) is 0 Å². The van der Waals surface area contributed by atoms with Crippen LogP contribution < -0.4 is 11.1 Å². The first kappa shape index (κ1) is 14.3. The summed E-state index contributed by atoms with van der Waals surface area (Å²) >= 11 is 1.55. The van der Waals surface area contributed by atoms with E-state index in [1.807, 2.05) is 11.4 Å². The third-order valence-corrected chi connectivity index (χ3v) is 3.66. The molecule has 0 atom stereocenters. The first-order chi connectivity index (χ1) is 9.63. The summed E-state index contributed by atoms with van der Waals surface area (Å²) in [7, 11) is 0. The van der Waals surface area contributed by atoms with Gasteiger partial charge in [-0.25, -0.2) is 0 Å². The van der Waals surface area contributed by atoms with Crippen LogP contribution >= 0.6 is 11.3 Å². The van der Waals surface area contributed by atoms with Crippen molar-refractivity contribution >= 4 is 17.2 Å². The molecule has 0 fully saturated rings. The lowest BCUT2D eigenvalue weighted by Crippen LogP contribution is -2.23. The van der Waals surface area contributed by atoms with Gasteiger partial charge in [0.05, 0.1) is 18.8 Å². The fourth-order valence-electron chi connectivity index (χ4n) is 1.79. The van der Waals surface area contributed by atoms with Crippen molar-refractivity contribution in [1.82, 2.24) is 10.5 Å². The summed E-state index contributed by atoms with van der Waals surface area (Å²) in [6.45, 7) is 4.21. The number of nitrogens with two attached hydrogens (primary N) is 1. The van der Waals surface area contributed by atoms with E-state index < -0.39 is 0 Å². The van der Waals surface area contributed by atoms with Crippen LogP contribution in [0, 0.1) is 25.7 Å². The van der Waals surface area contributed by atoms with Crippen LogP contribution in [0.15, 0.2) is 16.0 Å². The van der Waals surface area contributed by atoms with E-state index >= 15 is 0 Å². The Labute approximate surface area is 121 Å². The Hall–Kier alpha value is -2.10. The Bertz CT molecular complexity index is 657. The average Bonchev–Trinajstić information content (AvgIpc) is 3.00. The number of carbonyl (C=O) groups excluding carboxylic acids is 1. The van der Waals surface area contributed by atoms with Crippen molar-refractivity contribution in [3.05, 3.63) is 38.9 Å². The van der Waals surface area contributed by atoms with Crippen LogP contribution in [0.4, 0.5) is 0 Å². The predicted octanol–water partition coefficient (Wildman–Crippen LogP) is 1.59. The molecular weight excluding hydrogens is 274 g/mol. The maximum absolute atomic E-state index is 12.1. The Balaban J connectivity index is 2.06. The van der Waals surface area contributed by atoms with E-state index in [1.165, 1.54) is 0 Å². The van der Waals surface area contributed by atoms with E-state index in [0.29, 0.717) is 30.1 Å². The topological polar surface area (TPSA) is 81.2 Å². The standard InChI is InChI=1S/C14H15N3O2S/c1-9-13(10(2)19-17-9)14(18)16-8-12-11(4-3-6-15)5-7-20-12/h5,7H,6,8,15H2,1-2H3,(H,16,18). The quantitative estimate of drug-likeness (QED) is 0.841. The summed E-state index contributed by atoms with van der Waals surface area (Å²) in [5, 5.41) is 8.57. The van der Waals surface area contributed by atoms with Crippen molar-refractivity contribution < 1.29 is 9.32 Å². The lowest BCUT2D eigenvalue weighted by molar-refractivity contribution is 0.0949. The fraction of sp³-hybridized carbons (Fsp3) is 0.286. The van der Waals surface area contributed by atoms with E-state index in [4.69, 9.17) is 10.3 Å². The molecule has 0 unspecified atom stereocenters. The molecule has 0 bridgehead atoms. The van der Waals surface area contributed by atoms with Gasteiger partial charge >= 0.3 is 0 Å². The number of amides is 1. The van der Waals surface area contributed by atoms with Crippen LogP contribution in [0.25, 0.3) is 0 Å². The van der Waals surface area contributed by atoms with Crippen LogP contribution in [-0.2, 0) is 6.54 Å². The van der Waals surface area contributed by atoms with E-state index in [1.54, 1.807) is 25.2 Å². The molecule has 20 heavy (non-hydrogen) atoms. The van der Waals surface area contributed by atoms with Crippen molar-refractivity contribution in [2.24, 2.45) is 5.73 Å². The zero-order chi connectivity index (χ0) is 14.5. The molecular formula is C14H15N3O2S. The molecule has 0 aromatic carbocycles. The molecule has 0 saturated carbocycles. The molecule has 2 rings (SSSR count). The van der Waals surface area contributed by atoms with E-state index in [-0.39, 0.29) is 5.91 Å². The molecule has 6 heteroatoms. The Morgan fingerprint density at radius 1 is 1.55 bits per heavy atom. The number of carbonyl (C=O) groups is 1. The maximum atomic E-state index is 12.1. The van der Waals surface area contributed by atoms with Gasteiger partial charge in [0, 0.05) is 10.4 Å². The highest BCUT2D eigenvalue weighted by Crippen LogP contribution is 2.16. The molecule has 5 nitrogen and oxygen atoms in total. The zero-order valence-electron chi connectivity index (χ0n) is 11.3. The van der Waals surface area contributed by atoms with Gasteiger partial charge in [-0.05, 0) is 25.3 Å². The van der Waals surface area contributed by atoms with Gasteiger partial charge in [0.1, 0.15) is 11.3 Å². The number of hydrogen-bond donors (Lipinski definition) is 2. The van der Waals surface area contributed by atoms with Gasteiger partial charge in [0.25, 0.3) is 5.91 Å². The predicted molar refractivity (Wildman–Crippen MR) is 77.4 cm³/mol. The Morgan fingerprint density at radius 3 is 3.00 bits per heavy atom. The molecule has 0 aliphatic carbocycles. The number of hydrogen-bond acceptors (Lipinski definition) is 5. The van der Waals surface area contributed by atoms with Gasteiger partial charge in [-0.15, -0.1) is 11.3 Å². The second-order valence-electron chi connectivity index (χ2n) is 4.15. The van der Waals surface area contributed by atoms with Crippen molar-refractivity contribution in [3.8, 4) is 11.8 Å². The molecule has 0 spiro atoms. The van der Waals surface area contributed by atoms with Crippen LogP contribution in [0.1, 0.15) is 32.3 Å². The first-order valence-electron chi connectivity index (χ1n) is 6.10. The van der Waals surface area contributed by atoms with Gasteiger partial charge in [0.2, 0.25) is 0 Å². The molecule has 2 aromatic heterocycles. The molecule has 2 heterocycles. The molecule has 0 radical (unpaired) electrons. The lowest BCUT2D eigenvalue weighted by Gasteiger charge is -2.03. The summed E-state index contributed by atoms with van der Waals surface area (Å²) < 4.78 is 4.99. The smallest absolute Gasteiger partial charge is 0.257 e. The highest BCUT2D eigenvalue weighted by molar-refractivity contribution is 7.10. The number of aryl methyl sites for hydroxylation is 2. The van der Waals surface area contributed by atoms with Gasteiger partial charge < -0.3 is 15.6 Å². The number of nitrogens with one attached hydrogen (secondary N) is 1. The van der Waals surface area contributed by atoms with Gasteiger partial charge in [-0.3, -0.25) is 4.79 Å². The first-order valence-corrected chi connectivity index (χ1v) is 6.97. The number of rotatable bonds is 3. The summed E-state index contributed by atoms with van der Waals surface area (Å²) in [6.07, 6.45) is 0. The van der Waals surface area contributed by atoms with Gasteiger partial charge in [-0.1, -0.05) is 17.0 Å². The molecule has 1 amide bonds. The molecule has 3 N–H and O–H groups in total. The summed E-state index contributed by atoms with van der Waals surface area (Å²) in [5.41, 5.74) is 7.35. The second-order valence-corrected chi connectivity index (χ2v) is 5.15. The van der Waals surface area contributed by atoms with Gasteiger partial charge in [-0.2, -0.15) is 0 Å². The van der Waals surface area contributed by atoms with Crippen molar-refractivity contribution in [2.75, 3.05) is 6.54 Å². The SMILES string of the molecule is Cc1noc(C)c1C(=O)NCc1sccc1C#CCN. The summed E-state index contributed by atoms with van der Waals surface area (Å²) in [4.78, 5) is 13.1. The Morgan fingerprint density at radius 2 is 2.35 bits per heavy atom. The van der Waals surface area contributed by atoms with Crippen LogP contribution in [0.3, 0.4) is 0 Å². The molecule has 104 valence electrons. The second kappa shape index (κ2) is 6.37. The summed E-state index contributed by atoms with van der Waals surface area (Å²) in [5.74, 6) is 6.13. The van der Waals surface area contributed by atoms with E-state index in [2.05, 4.69) is 22.3 Å². The average molecular weight is 289 g/mol. The molecule has 0 aliphatic rings. The maximum Gasteiger partial charge on any atom is 0.257 e. The number of nitrogens with zero attached hydrogens (tertiary/aromatic N) is 1. The Kier molecular flexibility index (Phi) is 4.56. The summed E-state index contributed by atoms with van der Waals surface area (Å²) in [6, 6.07) is 1.92. The van der Waals surface area contributed by atoms with Crippen molar-refractivity contribution in [2.45, 2.75) is 20.4 Å². The zero-order valence-corrected chi connectivity index (χ0v) is 12.1. The molecule has 0 aliphatic heterocycles. The highest BCUT2D eigenvalue weighted by atomic mass is 32.1. The molecule has 0 saturated heterocycles. The monoisotopic (exact) mass is 289 g/mol. The number of thiophene rings is 1. The lowest BCUT2D eigenvalue weighted by atomic mass is 10.2. The van der Waals surface area contributed by atoms with E-state index in [0.717, 1.165) is 10.4 Å². The van der Waals surface area contributed by atoms with E-state index in [9.17, 15) is 4.79 Å². The minimum absolute atomic E-state index is 0.188. The van der Waals surface area contributed by atoms with Crippen LogP contribution in [-0.4, -0.2) is 17.6 Å². The third kappa shape index (κ3) is 3.07. The van der Waals surface area contributed by atoms with Crippen molar-refractivity contribution in [3.63, 3.8) is 0 Å². The number of aromatic nitrogens is 1. The van der Waals surface area contributed by atoms with Gasteiger partial charge in [0.15, 0.2) is 0 Å². The molecule has 2 aromatic rings. The fourth-order valence-corrected chi connectivity index (χ4v) is 2.56. The third-order valence-electron chi connectivity index (χ3n) is 2.74. The minimum Gasteiger partial charge on any atom is -0.361 e.